The topological polar surface area (TPSA) is 18.5 Å². The second-order valence-electron chi connectivity index (χ2n) is 5.77. The van der Waals surface area contributed by atoms with E-state index in [4.69, 9.17) is 0 Å². The number of hydrogen-bond acceptors (Lipinski definition) is 3. The predicted molar refractivity (Wildman–Crippen MR) is 80.8 cm³/mol. The Morgan fingerprint density at radius 3 is 3.00 bits per heavy atom. The molecule has 3 rings (SSSR count). The maximum absolute atomic E-state index is 3.47. The highest BCUT2D eigenvalue weighted by Crippen LogP contribution is 2.28. The van der Waals surface area contributed by atoms with E-state index < -0.39 is 0 Å². The minimum Gasteiger partial charge on any atom is -0.368 e. The molecule has 1 fully saturated rings. The first kappa shape index (κ1) is 12.9. The highest BCUT2D eigenvalue weighted by molar-refractivity contribution is 5.58. The summed E-state index contributed by atoms with van der Waals surface area (Å²) in [6, 6.07) is 7.48. The van der Waals surface area contributed by atoms with Crippen molar-refractivity contribution in [2.24, 2.45) is 0 Å². The monoisotopic (exact) mass is 259 g/mol. The van der Waals surface area contributed by atoms with Gasteiger partial charge in [-0.05, 0) is 43.6 Å². The van der Waals surface area contributed by atoms with Gasteiger partial charge in [0, 0.05) is 37.9 Å². The lowest BCUT2D eigenvalue weighted by molar-refractivity contribution is 0.199. The molecule has 2 aliphatic rings. The average molecular weight is 259 g/mol. The third-order valence-corrected chi connectivity index (χ3v) is 4.63. The molecule has 1 aromatic rings. The molecule has 0 saturated carbocycles. The third-order valence-electron chi connectivity index (χ3n) is 4.63. The first-order valence-electron chi connectivity index (χ1n) is 7.60. The second-order valence-corrected chi connectivity index (χ2v) is 5.77. The summed E-state index contributed by atoms with van der Waals surface area (Å²) in [6.07, 6.45) is 1.17. The summed E-state index contributed by atoms with van der Waals surface area (Å²) in [5, 5.41) is 3.47. The van der Waals surface area contributed by atoms with Gasteiger partial charge in [-0.15, -0.1) is 0 Å². The summed E-state index contributed by atoms with van der Waals surface area (Å²) in [4.78, 5) is 5.18. The van der Waals surface area contributed by atoms with E-state index in [0.29, 0.717) is 6.04 Å². The number of nitrogens with zero attached hydrogens (tertiary/aromatic N) is 2. The first-order chi connectivity index (χ1) is 9.29. The van der Waals surface area contributed by atoms with E-state index >= 15 is 0 Å². The number of anilines is 1. The number of likely N-dealkylation sites (N-methyl/N-ethyl adjacent to an activating group) is 1. The summed E-state index contributed by atoms with van der Waals surface area (Å²) in [7, 11) is 0. The quantitative estimate of drug-likeness (QED) is 0.874. The van der Waals surface area contributed by atoms with Crippen LogP contribution in [0.25, 0.3) is 0 Å². The van der Waals surface area contributed by atoms with E-state index in [1.807, 2.05) is 0 Å². The van der Waals surface area contributed by atoms with Crippen molar-refractivity contribution in [3.8, 4) is 0 Å². The van der Waals surface area contributed by atoms with Crippen LogP contribution >= 0.6 is 0 Å². The number of fused-ring (bicyclic) bond motifs is 1. The molecule has 19 heavy (non-hydrogen) atoms. The molecule has 1 aromatic carbocycles. The zero-order valence-electron chi connectivity index (χ0n) is 12.2. The fourth-order valence-corrected chi connectivity index (χ4v) is 3.49. The van der Waals surface area contributed by atoms with Crippen molar-refractivity contribution in [3.63, 3.8) is 0 Å². The van der Waals surface area contributed by atoms with Gasteiger partial charge in [0.25, 0.3) is 0 Å². The van der Waals surface area contributed by atoms with Crippen LogP contribution in [0.1, 0.15) is 25.0 Å². The van der Waals surface area contributed by atoms with Gasteiger partial charge in [0.05, 0.1) is 0 Å². The Bertz CT molecular complexity index is 444. The third kappa shape index (κ3) is 2.49. The molecule has 1 N–H and O–H groups in total. The molecule has 0 amide bonds. The Hall–Kier alpha value is -1.06. The number of hydrogen-bond donors (Lipinski definition) is 1. The van der Waals surface area contributed by atoms with Gasteiger partial charge in [-0.2, -0.15) is 0 Å². The standard InChI is InChI=1S/C16H25N3/c1-3-18-9-10-19(12-13(18)2)16-6-4-5-14-11-17-8-7-15(14)16/h4-6,13,17H,3,7-12H2,1-2H3. The van der Waals surface area contributed by atoms with Crippen molar-refractivity contribution in [1.29, 1.82) is 0 Å². The summed E-state index contributed by atoms with van der Waals surface area (Å²) in [6.45, 7) is 11.5. The van der Waals surface area contributed by atoms with Gasteiger partial charge in [0.15, 0.2) is 0 Å². The molecule has 0 radical (unpaired) electrons. The molecule has 2 aliphatic heterocycles. The highest BCUT2D eigenvalue weighted by atomic mass is 15.3. The Balaban J connectivity index is 1.83. The van der Waals surface area contributed by atoms with Gasteiger partial charge < -0.3 is 10.2 Å². The van der Waals surface area contributed by atoms with E-state index in [-0.39, 0.29) is 0 Å². The summed E-state index contributed by atoms with van der Waals surface area (Å²) in [5.41, 5.74) is 4.56. The molecule has 0 spiro atoms. The van der Waals surface area contributed by atoms with Gasteiger partial charge in [-0.3, -0.25) is 4.90 Å². The molecule has 2 heterocycles. The van der Waals surface area contributed by atoms with Gasteiger partial charge >= 0.3 is 0 Å². The van der Waals surface area contributed by atoms with Crippen molar-refractivity contribution in [2.75, 3.05) is 37.6 Å². The van der Waals surface area contributed by atoms with Crippen LogP contribution in [0.15, 0.2) is 18.2 Å². The second kappa shape index (κ2) is 5.51. The van der Waals surface area contributed by atoms with Crippen molar-refractivity contribution in [3.05, 3.63) is 29.3 Å². The zero-order valence-corrected chi connectivity index (χ0v) is 12.2. The molecule has 0 aromatic heterocycles. The van der Waals surface area contributed by atoms with Gasteiger partial charge in [-0.1, -0.05) is 19.1 Å². The van der Waals surface area contributed by atoms with Crippen molar-refractivity contribution in [2.45, 2.75) is 32.9 Å². The first-order valence-corrected chi connectivity index (χ1v) is 7.60. The van der Waals surface area contributed by atoms with Crippen LogP contribution in [-0.4, -0.2) is 43.7 Å². The minimum atomic E-state index is 0.663. The van der Waals surface area contributed by atoms with Crippen molar-refractivity contribution < 1.29 is 0 Å². The van der Waals surface area contributed by atoms with E-state index in [0.717, 1.165) is 19.6 Å². The van der Waals surface area contributed by atoms with Crippen LogP contribution in [0.5, 0.6) is 0 Å². The van der Waals surface area contributed by atoms with E-state index in [1.165, 1.54) is 37.3 Å². The van der Waals surface area contributed by atoms with Gasteiger partial charge in [0.2, 0.25) is 0 Å². The molecule has 104 valence electrons. The van der Waals surface area contributed by atoms with Gasteiger partial charge in [-0.25, -0.2) is 0 Å². The lowest BCUT2D eigenvalue weighted by Gasteiger charge is -2.41. The molecule has 0 aliphatic carbocycles. The highest BCUT2D eigenvalue weighted by Gasteiger charge is 2.25. The van der Waals surface area contributed by atoms with Crippen LogP contribution < -0.4 is 10.2 Å². The Labute approximate surface area is 116 Å². The molecule has 1 saturated heterocycles. The van der Waals surface area contributed by atoms with Crippen molar-refractivity contribution in [1.82, 2.24) is 10.2 Å². The van der Waals surface area contributed by atoms with Crippen LogP contribution in [-0.2, 0) is 13.0 Å². The largest absolute Gasteiger partial charge is 0.368 e. The SMILES string of the molecule is CCN1CCN(c2cccc3c2CCNC3)CC1C. The molecular weight excluding hydrogens is 234 g/mol. The number of rotatable bonds is 2. The molecular formula is C16H25N3. The Morgan fingerprint density at radius 2 is 2.21 bits per heavy atom. The number of nitrogens with one attached hydrogen (secondary N) is 1. The lowest BCUT2D eigenvalue weighted by Crippen LogP contribution is -2.52. The van der Waals surface area contributed by atoms with E-state index in [1.54, 1.807) is 5.56 Å². The van der Waals surface area contributed by atoms with Crippen molar-refractivity contribution >= 4 is 5.69 Å². The number of piperazine rings is 1. The Kier molecular flexibility index (Phi) is 3.76. The maximum atomic E-state index is 3.47. The fourth-order valence-electron chi connectivity index (χ4n) is 3.49. The maximum Gasteiger partial charge on any atom is 0.0403 e. The van der Waals surface area contributed by atoms with E-state index in [9.17, 15) is 0 Å². The molecule has 3 nitrogen and oxygen atoms in total. The predicted octanol–water partition coefficient (Wildman–Crippen LogP) is 1.86. The molecule has 1 unspecified atom stereocenters. The van der Waals surface area contributed by atoms with Crippen LogP contribution in [0.4, 0.5) is 5.69 Å². The van der Waals surface area contributed by atoms with Crippen LogP contribution in [0, 0.1) is 0 Å². The molecule has 1 atom stereocenters. The van der Waals surface area contributed by atoms with Crippen LogP contribution in [0.3, 0.4) is 0 Å². The van der Waals surface area contributed by atoms with Crippen LogP contribution in [0.2, 0.25) is 0 Å². The number of benzene rings is 1. The molecule has 3 heteroatoms. The smallest absolute Gasteiger partial charge is 0.0403 e. The summed E-state index contributed by atoms with van der Waals surface area (Å²) >= 11 is 0. The average Bonchev–Trinajstić information content (AvgIpc) is 2.46. The Morgan fingerprint density at radius 1 is 1.32 bits per heavy atom. The van der Waals surface area contributed by atoms with E-state index in [2.05, 4.69) is 47.2 Å². The van der Waals surface area contributed by atoms with Gasteiger partial charge in [0.1, 0.15) is 0 Å². The minimum absolute atomic E-state index is 0.663. The summed E-state index contributed by atoms with van der Waals surface area (Å²) in [5.74, 6) is 0. The molecule has 0 bridgehead atoms. The summed E-state index contributed by atoms with van der Waals surface area (Å²) < 4.78 is 0. The fraction of sp³-hybridized carbons (Fsp3) is 0.625. The zero-order chi connectivity index (χ0) is 13.2. The lowest BCUT2D eigenvalue weighted by atomic mass is 9.97. The normalized spacial score (nSPS) is 24.3.